The second kappa shape index (κ2) is 9.60. The average Bonchev–Trinajstić information content (AvgIpc) is 3.62. The molecule has 1 aromatic carbocycles. The minimum atomic E-state index is -0.562. The minimum Gasteiger partial charge on any atom is -0.390 e. The first-order valence-corrected chi connectivity index (χ1v) is 11.0. The second-order valence-corrected chi connectivity index (χ2v) is 8.40. The van der Waals surface area contributed by atoms with Crippen molar-refractivity contribution in [3.63, 3.8) is 0 Å². The molecular weight excluding hydrogens is 433 g/mol. The third kappa shape index (κ3) is 5.04. The van der Waals surface area contributed by atoms with Gasteiger partial charge in [-0.15, -0.1) is 0 Å². The topological polar surface area (TPSA) is 100 Å². The highest BCUT2D eigenvalue weighted by molar-refractivity contribution is 6.30. The number of nitrogens with zero attached hydrogens (tertiary/aromatic N) is 6. The number of aromatic nitrogens is 2. The molecule has 2 aliphatic rings. The van der Waals surface area contributed by atoms with Gasteiger partial charge in [-0.2, -0.15) is 0 Å². The van der Waals surface area contributed by atoms with Crippen molar-refractivity contribution < 1.29 is 9.18 Å². The number of aliphatic imine (C=N–C) groups is 2. The van der Waals surface area contributed by atoms with Crippen LogP contribution in [-0.2, 0) is 0 Å². The maximum atomic E-state index is 14.6. The average molecular weight is 458 g/mol. The normalized spacial score (nSPS) is 17.7. The van der Waals surface area contributed by atoms with E-state index in [1.807, 2.05) is 4.90 Å². The molecule has 1 amide bonds. The number of carbonyl (C=O) groups excluding carboxylic acids is 1. The van der Waals surface area contributed by atoms with Crippen LogP contribution in [0.1, 0.15) is 43.0 Å². The Morgan fingerprint density at radius 2 is 1.88 bits per heavy atom. The van der Waals surface area contributed by atoms with Gasteiger partial charge in [0, 0.05) is 30.7 Å². The first kappa shape index (κ1) is 22.1. The summed E-state index contributed by atoms with van der Waals surface area (Å²) in [6, 6.07) is 4.69. The van der Waals surface area contributed by atoms with Crippen molar-refractivity contribution in [2.45, 2.75) is 44.7 Å². The van der Waals surface area contributed by atoms with Gasteiger partial charge in [0.05, 0.1) is 23.8 Å². The first-order chi connectivity index (χ1) is 15.5. The fourth-order valence-electron chi connectivity index (χ4n) is 3.99. The molecule has 168 valence electrons. The fourth-order valence-corrected chi connectivity index (χ4v) is 4.08. The predicted molar refractivity (Wildman–Crippen MR) is 123 cm³/mol. The molecule has 1 aromatic heterocycles. The number of benzene rings is 1. The molecule has 8 nitrogen and oxygen atoms in total. The zero-order valence-electron chi connectivity index (χ0n) is 17.8. The summed E-state index contributed by atoms with van der Waals surface area (Å²) in [5.74, 6) is 0.277. The largest absolute Gasteiger partial charge is 0.390 e. The fraction of sp³-hybridized carbons (Fsp3) is 0.409. The van der Waals surface area contributed by atoms with E-state index in [4.69, 9.17) is 17.3 Å². The van der Waals surface area contributed by atoms with Gasteiger partial charge in [-0.05, 0) is 50.8 Å². The summed E-state index contributed by atoms with van der Waals surface area (Å²) >= 11 is 5.88. The first-order valence-electron chi connectivity index (χ1n) is 10.6. The van der Waals surface area contributed by atoms with Crippen LogP contribution >= 0.6 is 11.6 Å². The summed E-state index contributed by atoms with van der Waals surface area (Å²) in [6.07, 6.45) is 7.84. The van der Waals surface area contributed by atoms with E-state index in [0.717, 1.165) is 45.1 Å². The van der Waals surface area contributed by atoms with Crippen molar-refractivity contribution in [1.82, 2.24) is 14.9 Å². The molecule has 1 saturated carbocycles. The standard InChI is InChI=1S/C22H25ClFN7O/c1-14(28-13-25)29-20-5-2-15(10-19(20)24)21(32)31(17-3-4-17)18-6-8-30(9-7-18)22-26-11-16(23)12-27-22/h2,5,10-13,17-18H,3-4,6-9H2,1H3,(H2,25,28,29). The molecule has 1 saturated heterocycles. The second-order valence-electron chi connectivity index (χ2n) is 7.97. The lowest BCUT2D eigenvalue weighted by molar-refractivity contribution is 0.0630. The SMILES string of the molecule is CC(N=CN)=Nc1ccc(C(=O)N(C2CC2)C2CCN(c3ncc(Cl)cn3)CC2)cc1F. The van der Waals surface area contributed by atoms with E-state index in [1.165, 1.54) is 12.1 Å². The Bertz CT molecular complexity index is 1030. The van der Waals surface area contributed by atoms with Gasteiger partial charge < -0.3 is 15.5 Å². The third-order valence-electron chi connectivity index (χ3n) is 5.66. The van der Waals surface area contributed by atoms with E-state index in [1.54, 1.807) is 25.4 Å². The molecule has 1 aliphatic carbocycles. The lowest BCUT2D eigenvalue weighted by atomic mass is 10.0. The summed E-state index contributed by atoms with van der Waals surface area (Å²) in [6.45, 7) is 3.11. The van der Waals surface area contributed by atoms with Gasteiger partial charge in [-0.25, -0.2) is 24.3 Å². The van der Waals surface area contributed by atoms with Crippen LogP contribution in [0.4, 0.5) is 16.0 Å². The van der Waals surface area contributed by atoms with Gasteiger partial charge in [0.25, 0.3) is 5.91 Å². The molecule has 32 heavy (non-hydrogen) atoms. The number of amides is 1. The van der Waals surface area contributed by atoms with Gasteiger partial charge in [-0.1, -0.05) is 11.6 Å². The number of halogens is 2. The number of hydrogen-bond acceptors (Lipinski definition) is 5. The predicted octanol–water partition coefficient (Wildman–Crippen LogP) is 3.58. The number of anilines is 1. The number of nitrogens with two attached hydrogens (primary N) is 1. The maximum absolute atomic E-state index is 14.6. The molecule has 0 spiro atoms. The Labute approximate surface area is 191 Å². The Morgan fingerprint density at radius 3 is 2.47 bits per heavy atom. The van der Waals surface area contributed by atoms with Gasteiger partial charge in [-0.3, -0.25) is 4.79 Å². The van der Waals surface area contributed by atoms with E-state index in [9.17, 15) is 9.18 Å². The monoisotopic (exact) mass is 457 g/mol. The molecule has 0 atom stereocenters. The highest BCUT2D eigenvalue weighted by Gasteiger charge is 2.39. The Hall–Kier alpha value is -3.07. The molecule has 0 radical (unpaired) electrons. The van der Waals surface area contributed by atoms with Gasteiger partial charge in [0.15, 0.2) is 0 Å². The molecular formula is C22H25ClFN7O. The molecule has 0 bridgehead atoms. The molecule has 1 aliphatic heterocycles. The van der Waals surface area contributed by atoms with Crippen molar-refractivity contribution in [3.8, 4) is 0 Å². The van der Waals surface area contributed by atoms with E-state index >= 15 is 0 Å². The summed E-state index contributed by atoms with van der Waals surface area (Å²) < 4.78 is 14.6. The van der Waals surface area contributed by atoms with Crippen molar-refractivity contribution in [2.75, 3.05) is 18.0 Å². The van der Waals surface area contributed by atoms with E-state index in [-0.39, 0.29) is 23.7 Å². The zero-order chi connectivity index (χ0) is 22.7. The number of rotatable bonds is 5. The van der Waals surface area contributed by atoms with E-state index in [0.29, 0.717) is 22.4 Å². The number of amidine groups is 1. The molecule has 0 unspecified atom stereocenters. The number of piperidine rings is 1. The lowest BCUT2D eigenvalue weighted by Crippen LogP contribution is -2.48. The van der Waals surface area contributed by atoms with Crippen molar-refractivity contribution in [3.05, 3.63) is 47.0 Å². The maximum Gasteiger partial charge on any atom is 0.254 e. The lowest BCUT2D eigenvalue weighted by Gasteiger charge is -2.39. The van der Waals surface area contributed by atoms with Crippen LogP contribution in [0, 0.1) is 5.82 Å². The summed E-state index contributed by atoms with van der Waals surface area (Å²) in [4.78, 5) is 33.9. The van der Waals surface area contributed by atoms with Crippen LogP contribution in [0.15, 0.2) is 40.6 Å². The Kier molecular flexibility index (Phi) is 6.64. The van der Waals surface area contributed by atoms with Crippen LogP contribution in [0.5, 0.6) is 0 Å². The Balaban J connectivity index is 1.46. The smallest absolute Gasteiger partial charge is 0.254 e. The Morgan fingerprint density at radius 1 is 1.22 bits per heavy atom. The molecule has 2 N–H and O–H groups in total. The third-order valence-corrected chi connectivity index (χ3v) is 5.86. The van der Waals surface area contributed by atoms with Gasteiger partial charge in [0.2, 0.25) is 5.95 Å². The summed E-state index contributed by atoms with van der Waals surface area (Å²) in [7, 11) is 0. The van der Waals surface area contributed by atoms with Crippen molar-refractivity contribution >= 4 is 41.3 Å². The number of hydrogen-bond donors (Lipinski definition) is 1. The van der Waals surface area contributed by atoms with Crippen LogP contribution in [-0.4, -0.2) is 58.1 Å². The molecule has 4 rings (SSSR count). The highest BCUT2D eigenvalue weighted by atomic mass is 35.5. The molecule has 2 aromatic rings. The summed E-state index contributed by atoms with van der Waals surface area (Å²) in [5.41, 5.74) is 5.69. The molecule has 2 fully saturated rings. The van der Waals surface area contributed by atoms with E-state index in [2.05, 4.69) is 24.9 Å². The molecule has 10 heteroatoms. The number of carbonyl (C=O) groups is 1. The summed E-state index contributed by atoms with van der Waals surface area (Å²) in [5, 5.41) is 0.500. The van der Waals surface area contributed by atoms with Crippen LogP contribution in [0.25, 0.3) is 0 Å². The zero-order valence-corrected chi connectivity index (χ0v) is 18.5. The van der Waals surface area contributed by atoms with Crippen molar-refractivity contribution in [1.29, 1.82) is 0 Å². The van der Waals surface area contributed by atoms with Crippen LogP contribution in [0.2, 0.25) is 5.02 Å². The minimum absolute atomic E-state index is 0.0976. The molecule has 2 heterocycles. The quantitative estimate of drug-likeness (QED) is 0.546. The van der Waals surface area contributed by atoms with Crippen LogP contribution < -0.4 is 10.6 Å². The highest BCUT2D eigenvalue weighted by Crippen LogP contribution is 2.34. The van der Waals surface area contributed by atoms with E-state index < -0.39 is 5.82 Å². The van der Waals surface area contributed by atoms with Gasteiger partial charge in [0.1, 0.15) is 17.3 Å². The van der Waals surface area contributed by atoms with Crippen LogP contribution in [0.3, 0.4) is 0 Å². The van der Waals surface area contributed by atoms with Gasteiger partial charge >= 0.3 is 0 Å². The van der Waals surface area contributed by atoms with Crippen molar-refractivity contribution in [2.24, 2.45) is 15.7 Å².